The van der Waals surface area contributed by atoms with E-state index in [1.54, 1.807) is 35.7 Å². The van der Waals surface area contributed by atoms with Crippen molar-refractivity contribution in [2.45, 2.75) is 37.4 Å². The van der Waals surface area contributed by atoms with Gasteiger partial charge in [-0.15, -0.1) is 0 Å². The van der Waals surface area contributed by atoms with Gasteiger partial charge in [-0.2, -0.15) is 16.9 Å². The van der Waals surface area contributed by atoms with Crippen molar-refractivity contribution >= 4 is 29.4 Å². The van der Waals surface area contributed by atoms with Gasteiger partial charge in [-0.1, -0.05) is 24.3 Å². The van der Waals surface area contributed by atoms with Crippen molar-refractivity contribution in [1.82, 2.24) is 15.1 Å². The van der Waals surface area contributed by atoms with Crippen LogP contribution in [0.5, 0.6) is 5.75 Å². The van der Waals surface area contributed by atoms with Gasteiger partial charge in [0.1, 0.15) is 23.9 Å². The molecule has 0 bridgehead atoms. The van der Waals surface area contributed by atoms with Gasteiger partial charge < -0.3 is 15.4 Å². The van der Waals surface area contributed by atoms with Crippen LogP contribution >= 0.6 is 11.8 Å². The number of halogens is 1. The molecular formula is C24H25FN4O3S. The highest BCUT2D eigenvalue weighted by molar-refractivity contribution is 7.98. The molecule has 2 N–H and O–H groups in total. The van der Waals surface area contributed by atoms with Crippen LogP contribution in [0.2, 0.25) is 0 Å². The molecule has 0 radical (unpaired) electrons. The van der Waals surface area contributed by atoms with Gasteiger partial charge in [-0.25, -0.2) is 9.07 Å². The van der Waals surface area contributed by atoms with Crippen LogP contribution in [-0.2, 0) is 40.6 Å². The third-order valence-electron chi connectivity index (χ3n) is 5.37. The minimum Gasteiger partial charge on any atom is -0.497 e. The predicted molar refractivity (Wildman–Crippen MR) is 125 cm³/mol. The molecule has 172 valence electrons. The third kappa shape index (κ3) is 5.92. The number of aromatic nitrogens is 2. The topological polar surface area (TPSA) is 85.2 Å². The maximum Gasteiger partial charge on any atom is 0.242 e. The van der Waals surface area contributed by atoms with Crippen molar-refractivity contribution in [3.05, 3.63) is 76.7 Å². The van der Waals surface area contributed by atoms with E-state index in [9.17, 15) is 14.0 Å². The van der Waals surface area contributed by atoms with E-state index in [2.05, 4.69) is 15.7 Å². The Balaban J connectivity index is 1.36. The lowest BCUT2D eigenvalue weighted by Gasteiger charge is -2.12. The molecule has 1 aliphatic rings. The Kier molecular flexibility index (Phi) is 7.29. The highest BCUT2D eigenvalue weighted by Gasteiger charge is 2.24. The molecule has 0 saturated heterocycles. The van der Waals surface area contributed by atoms with E-state index >= 15 is 0 Å². The van der Waals surface area contributed by atoms with E-state index in [-0.39, 0.29) is 24.2 Å². The lowest BCUT2D eigenvalue weighted by Crippen LogP contribution is -2.28. The quantitative estimate of drug-likeness (QED) is 0.501. The summed E-state index contributed by atoms with van der Waals surface area (Å²) in [5.41, 5.74) is 3.72. The molecule has 3 aromatic rings. The second-order valence-corrected chi connectivity index (χ2v) is 8.71. The average molecular weight is 469 g/mol. The van der Waals surface area contributed by atoms with Crippen molar-refractivity contribution in [2.75, 3.05) is 12.4 Å². The van der Waals surface area contributed by atoms with Crippen molar-refractivity contribution in [2.24, 2.45) is 0 Å². The van der Waals surface area contributed by atoms with Crippen LogP contribution in [0.1, 0.15) is 28.8 Å². The number of carbonyl (C=O) groups is 2. The van der Waals surface area contributed by atoms with Crippen molar-refractivity contribution in [3.63, 3.8) is 0 Å². The highest BCUT2D eigenvalue weighted by Crippen LogP contribution is 2.34. The normalized spacial score (nSPS) is 12.3. The molecular weight excluding hydrogens is 443 g/mol. The van der Waals surface area contributed by atoms with Crippen LogP contribution in [0, 0.1) is 5.82 Å². The monoisotopic (exact) mass is 468 g/mol. The van der Waals surface area contributed by atoms with Crippen molar-refractivity contribution in [1.29, 1.82) is 0 Å². The van der Waals surface area contributed by atoms with Crippen LogP contribution in [0.25, 0.3) is 0 Å². The molecule has 0 atom stereocenters. The smallest absolute Gasteiger partial charge is 0.242 e. The number of aryl methyl sites for hydroxylation is 1. The second-order valence-electron chi connectivity index (χ2n) is 7.72. The number of hydrogen-bond acceptors (Lipinski definition) is 5. The highest BCUT2D eigenvalue weighted by atomic mass is 32.2. The molecule has 0 saturated carbocycles. The largest absolute Gasteiger partial charge is 0.497 e. The first-order valence-corrected chi connectivity index (χ1v) is 11.8. The van der Waals surface area contributed by atoms with Crippen LogP contribution in [0.4, 0.5) is 10.2 Å². The zero-order valence-electron chi connectivity index (χ0n) is 18.3. The number of nitrogens with zero attached hydrogens (tertiary/aromatic N) is 2. The molecule has 2 amide bonds. The molecule has 33 heavy (non-hydrogen) atoms. The summed E-state index contributed by atoms with van der Waals surface area (Å²) in [6.45, 7) is 0.284. The molecule has 0 aliphatic carbocycles. The Morgan fingerprint density at radius 1 is 1.06 bits per heavy atom. The van der Waals surface area contributed by atoms with Gasteiger partial charge in [-0.3, -0.25) is 9.59 Å². The molecule has 1 aliphatic heterocycles. The van der Waals surface area contributed by atoms with Crippen LogP contribution in [0.15, 0.2) is 48.5 Å². The van der Waals surface area contributed by atoms with E-state index in [0.717, 1.165) is 39.6 Å². The standard InChI is InChI=1S/C24H25FN4O3S/c1-32-19-9-4-16(5-10-19)6-11-22(30)27-24-20-14-33-15-21(20)28-29(24)13-23(31)26-12-17-2-7-18(25)8-3-17/h2-5,7-10H,6,11-15H2,1H3,(H,26,31)(H,27,30). The Bertz CT molecular complexity index is 1130. The van der Waals surface area contributed by atoms with Gasteiger partial charge in [0.2, 0.25) is 11.8 Å². The summed E-state index contributed by atoms with van der Waals surface area (Å²) < 4.78 is 19.8. The first-order chi connectivity index (χ1) is 16.0. The maximum atomic E-state index is 13.0. The zero-order chi connectivity index (χ0) is 23.2. The van der Waals surface area contributed by atoms with Crippen LogP contribution in [-0.4, -0.2) is 28.7 Å². The summed E-state index contributed by atoms with van der Waals surface area (Å²) in [5, 5.41) is 10.3. The lowest BCUT2D eigenvalue weighted by molar-refractivity contribution is -0.122. The van der Waals surface area contributed by atoms with E-state index in [1.165, 1.54) is 12.1 Å². The summed E-state index contributed by atoms with van der Waals surface area (Å²) in [7, 11) is 1.62. The Morgan fingerprint density at radius 2 is 1.79 bits per heavy atom. The molecule has 2 heterocycles. The fraction of sp³-hybridized carbons (Fsp3) is 0.292. The number of ether oxygens (including phenoxy) is 1. The number of fused-ring (bicyclic) bond motifs is 1. The summed E-state index contributed by atoms with van der Waals surface area (Å²) >= 11 is 1.73. The Morgan fingerprint density at radius 3 is 2.52 bits per heavy atom. The Hall–Kier alpha value is -3.33. The summed E-state index contributed by atoms with van der Waals surface area (Å²) in [6.07, 6.45) is 0.912. The van der Waals surface area contributed by atoms with E-state index in [0.29, 0.717) is 25.2 Å². The maximum absolute atomic E-state index is 13.0. The summed E-state index contributed by atoms with van der Waals surface area (Å²) in [4.78, 5) is 25.2. The van der Waals surface area contributed by atoms with E-state index in [1.807, 2.05) is 24.3 Å². The van der Waals surface area contributed by atoms with Crippen LogP contribution in [0.3, 0.4) is 0 Å². The fourth-order valence-electron chi connectivity index (χ4n) is 3.56. The van der Waals surface area contributed by atoms with E-state index < -0.39 is 0 Å². The van der Waals surface area contributed by atoms with Crippen molar-refractivity contribution in [3.8, 4) is 5.75 Å². The number of carbonyl (C=O) groups excluding carboxylic acids is 2. The molecule has 4 rings (SSSR count). The molecule has 0 fully saturated rings. The van der Waals surface area contributed by atoms with Gasteiger partial charge in [0.15, 0.2) is 0 Å². The predicted octanol–water partition coefficient (Wildman–Crippen LogP) is 3.67. The number of anilines is 1. The molecule has 9 heteroatoms. The zero-order valence-corrected chi connectivity index (χ0v) is 19.1. The first kappa shape index (κ1) is 22.8. The number of nitrogens with one attached hydrogen (secondary N) is 2. The third-order valence-corrected chi connectivity index (χ3v) is 6.34. The number of methoxy groups -OCH3 is 1. The van der Waals surface area contributed by atoms with Gasteiger partial charge in [0.05, 0.1) is 12.8 Å². The van der Waals surface area contributed by atoms with Gasteiger partial charge >= 0.3 is 0 Å². The summed E-state index contributed by atoms with van der Waals surface area (Å²) in [6, 6.07) is 13.6. The second kappa shape index (κ2) is 10.5. The number of rotatable bonds is 9. The first-order valence-electron chi connectivity index (χ1n) is 10.6. The minimum atomic E-state index is -0.318. The molecule has 2 aromatic carbocycles. The van der Waals surface area contributed by atoms with Gasteiger partial charge in [-0.05, 0) is 41.8 Å². The number of thioether (sulfide) groups is 1. The minimum absolute atomic E-state index is 0.00699. The lowest BCUT2D eigenvalue weighted by atomic mass is 10.1. The SMILES string of the molecule is COc1ccc(CCC(=O)Nc2c3c(nn2CC(=O)NCc2ccc(F)cc2)CSC3)cc1. The van der Waals surface area contributed by atoms with Gasteiger partial charge in [0, 0.05) is 30.0 Å². The number of benzene rings is 2. The van der Waals surface area contributed by atoms with E-state index in [4.69, 9.17) is 4.74 Å². The molecule has 7 nitrogen and oxygen atoms in total. The molecule has 0 spiro atoms. The van der Waals surface area contributed by atoms with Gasteiger partial charge in [0.25, 0.3) is 0 Å². The molecule has 0 unspecified atom stereocenters. The summed E-state index contributed by atoms with van der Waals surface area (Å²) in [5.74, 6) is 2.20. The van der Waals surface area contributed by atoms with Crippen molar-refractivity contribution < 1.29 is 18.7 Å². The number of hydrogen-bond donors (Lipinski definition) is 2. The number of amides is 2. The Labute approximate surface area is 195 Å². The molecule has 1 aromatic heterocycles. The van der Waals surface area contributed by atoms with Crippen LogP contribution < -0.4 is 15.4 Å². The fourth-order valence-corrected chi connectivity index (χ4v) is 4.59. The average Bonchev–Trinajstić information content (AvgIpc) is 3.40.